The molecule has 6 aliphatic rings. The van der Waals surface area contributed by atoms with Crippen LogP contribution in [-0.2, 0) is 229 Å². The average Bonchev–Trinajstić information content (AvgIpc) is 0.756. The van der Waals surface area contributed by atoms with E-state index < -0.39 is 292 Å². The average molecular weight is 2130 g/mol. The highest BCUT2D eigenvalue weighted by atomic mass is 32.3. The van der Waals surface area contributed by atoms with E-state index in [1.807, 2.05) is 0 Å². The lowest BCUT2D eigenvalue weighted by atomic mass is 9.91. The van der Waals surface area contributed by atoms with E-state index >= 15 is 0 Å². The highest BCUT2D eigenvalue weighted by Crippen LogP contribution is 2.47. The maximum atomic E-state index is 13.7. The van der Waals surface area contributed by atoms with Crippen LogP contribution >= 0.6 is 36.1 Å². The van der Waals surface area contributed by atoms with Crippen LogP contribution in [0.15, 0.2) is 152 Å². The topological polar surface area (TPSA) is 683 Å². The molecule has 776 valence electrons. The highest BCUT2D eigenvalue weighted by molar-refractivity contribution is 7.95. The van der Waals surface area contributed by atoms with E-state index in [0.717, 1.165) is 0 Å². The van der Waals surface area contributed by atoms with Gasteiger partial charge < -0.3 is 80.5 Å². The van der Waals surface area contributed by atoms with Crippen molar-refractivity contribution in [2.75, 3.05) is 26.4 Å². The number of hydrogen-bond acceptors (Lipinski definition) is 51. The summed E-state index contributed by atoms with van der Waals surface area (Å²) in [6, 6.07) is 41.4. The highest BCUT2D eigenvalue weighted by Gasteiger charge is 2.61. The molecule has 0 aliphatic carbocycles. The summed E-state index contributed by atoms with van der Waals surface area (Å²) in [7, 11) is -27.9. The van der Waals surface area contributed by atoms with Gasteiger partial charge in [0.05, 0.1) is 99.8 Å². The van der Waals surface area contributed by atoms with Crippen molar-refractivity contribution in [3.8, 4) is 0 Å². The van der Waals surface area contributed by atoms with Crippen molar-refractivity contribution in [3.05, 3.63) is 179 Å². The Balaban J connectivity index is 0.937. The molecule has 0 aromatic heterocycles. The molecule has 6 saturated heterocycles. The predicted molar refractivity (Wildman–Crippen MR) is 460 cm³/mol. The van der Waals surface area contributed by atoms with Crippen molar-refractivity contribution in [2.45, 2.75) is 244 Å². The van der Waals surface area contributed by atoms with Gasteiger partial charge in [-0.15, -0.1) is 15.0 Å². The molecule has 6 heterocycles. The largest absolute Gasteiger partial charge is 0.461 e. The molecular formula is C77H105N3O50S8. The fourth-order valence-electron chi connectivity index (χ4n) is 15.7. The Morgan fingerprint density at radius 2 is 0.645 bits per heavy atom. The second kappa shape index (κ2) is 54.2. The lowest BCUT2D eigenvalue weighted by Crippen LogP contribution is -2.67. The number of ether oxygens (including phenoxy) is 17. The lowest BCUT2D eigenvalue weighted by molar-refractivity contribution is -0.499. The number of esters is 1. The maximum Gasteiger partial charge on any atom is 0.397 e. The number of benzene rings is 5. The van der Waals surface area contributed by atoms with Crippen LogP contribution in [0.2, 0.25) is 0 Å². The van der Waals surface area contributed by atoms with Gasteiger partial charge in [-0.05, 0) is 65.5 Å². The fraction of sp³-hybridized carbons (Fsp3) is 0.597. The van der Waals surface area contributed by atoms with Crippen LogP contribution in [0.4, 0.5) is 0 Å². The van der Waals surface area contributed by atoms with Crippen molar-refractivity contribution in [1.82, 2.24) is 16.9 Å². The van der Waals surface area contributed by atoms with Crippen molar-refractivity contribution < 1.29 is 230 Å². The molecule has 11 rings (SSSR count). The van der Waals surface area contributed by atoms with Crippen molar-refractivity contribution in [2.24, 2.45) is 17.8 Å². The van der Waals surface area contributed by atoms with Gasteiger partial charge in [-0.3, -0.25) is 27.6 Å². The van der Waals surface area contributed by atoms with E-state index in [2.05, 4.69) is 20.0 Å². The van der Waals surface area contributed by atoms with Gasteiger partial charge >= 0.3 is 58.0 Å². The van der Waals surface area contributed by atoms with E-state index in [1.165, 1.54) is 27.7 Å². The van der Waals surface area contributed by atoms with E-state index in [1.54, 1.807) is 182 Å². The minimum absolute atomic E-state index is 0.111. The molecule has 53 nitrogen and oxygen atoms in total. The van der Waals surface area contributed by atoms with Crippen molar-refractivity contribution in [1.29, 1.82) is 0 Å². The van der Waals surface area contributed by atoms with Gasteiger partial charge in [0.25, 0.3) is 0 Å². The third-order valence-electron chi connectivity index (χ3n) is 22.1. The fourth-order valence-corrected chi connectivity index (χ4v) is 20.0. The Kier molecular flexibility index (Phi) is 44.4. The lowest BCUT2D eigenvalue weighted by Gasteiger charge is -2.52. The minimum atomic E-state index is -5.83. The Morgan fingerprint density at radius 1 is 0.326 bits per heavy atom. The van der Waals surface area contributed by atoms with E-state index in [-0.39, 0.29) is 25.3 Å². The van der Waals surface area contributed by atoms with Gasteiger partial charge in [0.15, 0.2) is 56.1 Å². The third-order valence-corrected chi connectivity index (χ3v) is 27.3. The summed E-state index contributed by atoms with van der Waals surface area (Å²) in [5.41, 5.74) is 7.72. The standard InChI is InChI=1S/C77H105N3O50S8/c1-42-45(4)110-72(66(121-136(92,93)94)59(42)103-35-49-24-14-8-15-25-49)120-62-55(41-109-135(89,90)91)115-77(71(133-129-80-126-84)65(62)106-38-52-30-20-11-21-31-52)119-61-47(6)112-73(68(123-138(98,99)100)64(61)105-37-51-28-18-10-19-29-51)116-57-44(3)70(132-128-79-125-83)76(114-53(57)39-107-130-85)118-60-46(5)111-74(67(122-137(95,96)97)63(60)104-36-50-26-16-9-17-27-50)117-58-43(2)69(131-127-78-124-82)75(113-54(58)40-108-134(86,87)88)101-33-32-56(81)102-34-48-22-12-7-13-23-48/h7-31,42-47,53-55,57-80,82-85H,32-41H2,1-6H3,(H,86,87,88)(H,89,90,91)(H,92,93,94)(H,95,96,97)(H,98,99,100)/t42-,43+,44?,45?,46?,47+,53+,54?,55?,57+,58+,59-,60-,61-,62-,63-,64?,65+,66?,67?,68?,69?,70?,71?,72+,73+,74+,75-,76-,77-/m1/s1. The molecule has 0 saturated carbocycles. The van der Waals surface area contributed by atoms with Crippen LogP contribution in [-0.4, -0.2) is 282 Å². The molecule has 12 N–H and O–H groups in total. The van der Waals surface area contributed by atoms with Crippen LogP contribution in [0.5, 0.6) is 0 Å². The van der Waals surface area contributed by atoms with Gasteiger partial charge in [-0.25, -0.2) is 59.7 Å². The smallest absolute Gasteiger partial charge is 0.397 e. The first kappa shape index (κ1) is 113. The first-order chi connectivity index (χ1) is 65.8. The van der Waals surface area contributed by atoms with Crippen LogP contribution < -0.4 is 16.9 Å². The molecule has 6 fully saturated rings. The summed E-state index contributed by atoms with van der Waals surface area (Å²) < 4.78 is 336. The second-order valence-electron chi connectivity index (χ2n) is 31.4. The molecule has 0 amide bonds. The summed E-state index contributed by atoms with van der Waals surface area (Å²) in [5, 5.41) is 38.0. The number of hydrogen-bond donors (Lipinski definition) is 12. The zero-order chi connectivity index (χ0) is 99.5. The molecule has 0 radical (unpaired) electrons. The minimum Gasteiger partial charge on any atom is -0.461 e. The van der Waals surface area contributed by atoms with Gasteiger partial charge in [-0.2, -0.15) is 42.1 Å². The first-order valence-corrected chi connectivity index (χ1v) is 50.9. The Labute approximate surface area is 804 Å². The summed E-state index contributed by atoms with van der Waals surface area (Å²) in [6.45, 7) is 3.22. The van der Waals surface area contributed by atoms with Crippen LogP contribution in [0.25, 0.3) is 0 Å². The van der Waals surface area contributed by atoms with E-state index in [9.17, 15) is 90.7 Å². The first-order valence-electron chi connectivity index (χ1n) is 41.7. The van der Waals surface area contributed by atoms with Crippen molar-refractivity contribution >= 4 is 94.1 Å². The van der Waals surface area contributed by atoms with Gasteiger partial charge in [0.2, 0.25) is 0 Å². The monoisotopic (exact) mass is 2130 g/mol. The molecule has 0 spiro atoms. The SMILES string of the molecule is CC1O[C@@H](O[C@@H]2C(COS(=O)(=O)O)O[C@H](O[C@H]3C(OCc4ccccc4)C(OS(=O)(=O)O)[C@H](O[C@H]4C(C)C(SONOO)[C@@H](O[C@@H]5C(C)O[C@@H](O[C@@H]6C(COS(=O)(=O)O)O[C@@H](OCCC(=O)OCc7ccccc7)C(SONOO)[C@H]6C)C(OS(=O)(=O)O)[C@@H]5OCc5ccccc5)O[C@H]4COOO)O[C@H]3C)C(SONOO)[C@H]2OCc2ccccc2)C(OS(=O)(=O)O)[C@H](OCc2ccccc2)[C@@H]1C. The van der Waals surface area contributed by atoms with E-state index in [0.29, 0.717) is 51.9 Å². The molecule has 30 atom stereocenters. The molecule has 5 aromatic carbocycles. The van der Waals surface area contributed by atoms with Gasteiger partial charge in [0, 0.05) is 53.9 Å². The molecule has 61 heteroatoms. The number of carbonyl (C=O) groups is 1. The van der Waals surface area contributed by atoms with Crippen molar-refractivity contribution in [3.63, 3.8) is 0 Å². The second-order valence-corrected chi connectivity index (χ2v) is 39.4. The van der Waals surface area contributed by atoms with E-state index in [4.69, 9.17) is 119 Å². The molecule has 6 aliphatic heterocycles. The third kappa shape index (κ3) is 34.7. The number of nitrogens with one attached hydrogen (secondary N) is 3. The predicted octanol–water partition coefficient (Wildman–Crippen LogP) is 5.17. The Hall–Kier alpha value is -5.27. The molecule has 0 bridgehead atoms. The van der Waals surface area contributed by atoms with Crippen LogP contribution in [0.1, 0.15) is 75.8 Å². The molecule has 5 aromatic rings. The summed E-state index contributed by atoms with van der Waals surface area (Å²) in [4.78, 5) is 30.1. The number of rotatable bonds is 55. The summed E-state index contributed by atoms with van der Waals surface area (Å²) in [5.74, 6) is -4.02. The number of carbonyl (C=O) groups excluding carboxylic acids is 1. The molecule has 138 heavy (non-hydrogen) atoms. The maximum absolute atomic E-state index is 13.7. The van der Waals surface area contributed by atoms with Crippen LogP contribution in [0, 0.1) is 17.8 Å². The molecule has 12 unspecified atom stereocenters. The Morgan fingerprint density at radius 3 is 1.03 bits per heavy atom. The summed E-state index contributed by atoms with van der Waals surface area (Å²) in [6.07, 6.45) is -44.7. The quantitative estimate of drug-likeness (QED) is 0.00596. The normalized spacial score (nSPS) is 32.4. The van der Waals surface area contributed by atoms with Gasteiger partial charge in [0.1, 0.15) is 73.4 Å². The Bertz CT molecular complexity index is 5060. The zero-order valence-corrected chi connectivity index (χ0v) is 79.9. The molecular weight excluding hydrogens is 2020 g/mol. The zero-order valence-electron chi connectivity index (χ0n) is 73.4. The van der Waals surface area contributed by atoms with Crippen LogP contribution in [0.3, 0.4) is 0 Å². The summed E-state index contributed by atoms with van der Waals surface area (Å²) >= 11 is 1.07. The van der Waals surface area contributed by atoms with Gasteiger partial charge in [-0.1, -0.05) is 177 Å².